The number of hydrogen-bond acceptors (Lipinski definition) is 3. The van der Waals surface area contributed by atoms with Gasteiger partial charge < -0.3 is 5.11 Å². The van der Waals surface area contributed by atoms with Gasteiger partial charge >= 0.3 is 0 Å². The van der Waals surface area contributed by atoms with Crippen LogP contribution in [0.4, 0.5) is 0 Å². The molecule has 1 aromatic rings. The number of halogens is 1. The van der Waals surface area contributed by atoms with Crippen LogP contribution in [0.1, 0.15) is 30.6 Å². The number of benzene rings is 1. The minimum Gasteiger partial charge on any atom is -0.395 e. The highest BCUT2D eigenvalue weighted by Crippen LogP contribution is 2.11. The lowest BCUT2D eigenvalue weighted by molar-refractivity contribution is 0.0944. The van der Waals surface area contributed by atoms with Crippen molar-refractivity contribution in [2.75, 3.05) is 19.7 Å². The van der Waals surface area contributed by atoms with Gasteiger partial charge in [-0.1, -0.05) is 11.6 Å². The highest BCUT2D eigenvalue weighted by Gasteiger charge is 2.12. The summed E-state index contributed by atoms with van der Waals surface area (Å²) >= 11 is 5.78. The zero-order valence-electron chi connectivity index (χ0n) is 10.9. The van der Waals surface area contributed by atoms with Crippen molar-refractivity contribution in [3.63, 3.8) is 0 Å². The second-order valence-corrected chi connectivity index (χ2v) is 4.97. The summed E-state index contributed by atoms with van der Waals surface area (Å²) in [6, 6.07) is 7.27. The molecule has 0 spiro atoms. The highest BCUT2D eigenvalue weighted by atomic mass is 35.5. The molecular weight excluding hydrogens is 250 g/mol. The van der Waals surface area contributed by atoms with Crippen LogP contribution < -0.4 is 0 Å². The van der Waals surface area contributed by atoms with Gasteiger partial charge in [-0.15, -0.1) is 0 Å². The molecule has 100 valence electrons. The molecule has 1 rings (SSSR count). The molecule has 0 bridgehead atoms. The maximum atomic E-state index is 12.0. The number of hydrogen-bond donors (Lipinski definition) is 1. The maximum absolute atomic E-state index is 12.0. The summed E-state index contributed by atoms with van der Waals surface area (Å²) in [5.41, 5.74) is 0.687. The second kappa shape index (κ2) is 7.52. The van der Waals surface area contributed by atoms with Crippen LogP contribution in [-0.4, -0.2) is 41.5 Å². The summed E-state index contributed by atoms with van der Waals surface area (Å²) in [5, 5.41) is 9.59. The van der Waals surface area contributed by atoms with E-state index in [4.69, 9.17) is 16.7 Å². The van der Waals surface area contributed by atoms with Crippen molar-refractivity contribution >= 4 is 17.4 Å². The van der Waals surface area contributed by atoms with E-state index >= 15 is 0 Å². The first-order valence-corrected chi connectivity index (χ1v) is 6.56. The number of Topliss-reactive ketones (excluding diaryl/α,β-unsaturated/α-hetero) is 1. The molecule has 0 fully saturated rings. The van der Waals surface area contributed by atoms with Crippen molar-refractivity contribution in [1.82, 2.24) is 4.90 Å². The number of ketones is 1. The molecule has 0 aliphatic carbocycles. The van der Waals surface area contributed by atoms with Crippen LogP contribution in [0.5, 0.6) is 0 Å². The number of aliphatic hydroxyl groups excluding tert-OH is 1. The van der Waals surface area contributed by atoms with E-state index < -0.39 is 0 Å². The zero-order valence-corrected chi connectivity index (χ0v) is 11.7. The molecule has 0 amide bonds. The lowest BCUT2D eigenvalue weighted by atomic mass is 10.1. The van der Waals surface area contributed by atoms with E-state index in [1.807, 2.05) is 0 Å². The van der Waals surface area contributed by atoms with Crippen LogP contribution in [0.25, 0.3) is 0 Å². The molecule has 1 N–H and O–H groups in total. The summed E-state index contributed by atoms with van der Waals surface area (Å²) in [6.45, 7) is 5.50. The van der Waals surface area contributed by atoms with Gasteiger partial charge in [0, 0.05) is 36.1 Å². The molecule has 0 radical (unpaired) electrons. The summed E-state index contributed by atoms with van der Waals surface area (Å²) in [7, 11) is 0. The van der Waals surface area contributed by atoms with E-state index in [9.17, 15) is 4.79 Å². The molecule has 1 aromatic carbocycles. The van der Waals surface area contributed by atoms with E-state index in [2.05, 4.69) is 18.7 Å². The van der Waals surface area contributed by atoms with Crippen molar-refractivity contribution in [1.29, 1.82) is 0 Å². The Morgan fingerprint density at radius 2 is 1.89 bits per heavy atom. The van der Waals surface area contributed by atoms with E-state index in [1.165, 1.54) is 0 Å². The first kappa shape index (κ1) is 15.2. The fraction of sp³-hybridized carbons (Fsp3) is 0.500. The summed E-state index contributed by atoms with van der Waals surface area (Å²) in [5.74, 6) is 0.107. The van der Waals surface area contributed by atoms with Crippen molar-refractivity contribution in [3.8, 4) is 0 Å². The maximum Gasteiger partial charge on any atom is 0.164 e. The van der Waals surface area contributed by atoms with Crippen LogP contribution in [0.2, 0.25) is 5.02 Å². The number of rotatable bonds is 7. The quantitative estimate of drug-likeness (QED) is 0.774. The molecule has 4 heteroatoms. The Labute approximate surface area is 113 Å². The summed E-state index contributed by atoms with van der Waals surface area (Å²) in [4.78, 5) is 14.0. The highest BCUT2D eigenvalue weighted by molar-refractivity contribution is 6.30. The molecule has 0 unspecified atom stereocenters. The van der Waals surface area contributed by atoms with Crippen molar-refractivity contribution in [2.45, 2.75) is 26.3 Å². The standard InChI is InChI=1S/C14H20ClNO2/c1-11(2)16(9-10-17)8-7-14(18)12-3-5-13(15)6-4-12/h3-6,11,17H,7-10H2,1-2H3. The van der Waals surface area contributed by atoms with Gasteiger partial charge in [0.05, 0.1) is 6.61 Å². The number of carbonyl (C=O) groups excluding carboxylic acids is 1. The molecule has 0 aliphatic heterocycles. The average molecular weight is 270 g/mol. The largest absolute Gasteiger partial charge is 0.395 e. The molecule has 0 heterocycles. The van der Waals surface area contributed by atoms with Crippen LogP contribution >= 0.6 is 11.6 Å². The van der Waals surface area contributed by atoms with Crippen LogP contribution in [0, 0.1) is 0 Å². The number of aliphatic hydroxyl groups is 1. The van der Waals surface area contributed by atoms with Crippen molar-refractivity contribution in [3.05, 3.63) is 34.9 Å². The SMILES string of the molecule is CC(C)N(CCO)CCC(=O)c1ccc(Cl)cc1. The van der Waals surface area contributed by atoms with Gasteiger partial charge in [0.2, 0.25) is 0 Å². The summed E-state index contributed by atoms with van der Waals surface area (Å²) in [6.07, 6.45) is 0.458. The first-order valence-electron chi connectivity index (χ1n) is 6.18. The fourth-order valence-corrected chi connectivity index (χ4v) is 1.91. The topological polar surface area (TPSA) is 40.5 Å². The minimum absolute atomic E-state index is 0.107. The monoisotopic (exact) mass is 269 g/mol. The van der Waals surface area contributed by atoms with Gasteiger partial charge in [-0.25, -0.2) is 0 Å². The molecule has 18 heavy (non-hydrogen) atoms. The van der Waals surface area contributed by atoms with Gasteiger partial charge in [-0.3, -0.25) is 9.69 Å². The fourth-order valence-electron chi connectivity index (χ4n) is 1.78. The third-order valence-electron chi connectivity index (χ3n) is 2.91. The van der Waals surface area contributed by atoms with Gasteiger partial charge in [0.1, 0.15) is 0 Å². The van der Waals surface area contributed by atoms with Crippen molar-refractivity contribution < 1.29 is 9.90 Å². The molecule has 0 aromatic heterocycles. The predicted octanol–water partition coefficient (Wildman–Crippen LogP) is 2.62. The van der Waals surface area contributed by atoms with Gasteiger partial charge in [0.15, 0.2) is 5.78 Å². The average Bonchev–Trinajstić information content (AvgIpc) is 2.34. The Balaban J connectivity index is 2.51. The van der Waals surface area contributed by atoms with Crippen LogP contribution in [-0.2, 0) is 0 Å². The van der Waals surface area contributed by atoms with E-state index in [1.54, 1.807) is 24.3 Å². The van der Waals surface area contributed by atoms with Gasteiger partial charge in [-0.05, 0) is 38.1 Å². The molecule has 0 atom stereocenters. The van der Waals surface area contributed by atoms with E-state index in [0.717, 1.165) is 0 Å². The normalized spacial score (nSPS) is 11.2. The molecular formula is C14H20ClNO2. The Hall–Kier alpha value is -0.900. The minimum atomic E-state index is 0.107. The van der Waals surface area contributed by atoms with Gasteiger partial charge in [-0.2, -0.15) is 0 Å². The summed E-state index contributed by atoms with van der Waals surface area (Å²) < 4.78 is 0. The van der Waals surface area contributed by atoms with Crippen LogP contribution in [0.3, 0.4) is 0 Å². The first-order chi connectivity index (χ1) is 8.54. The van der Waals surface area contributed by atoms with Crippen molar-refractivity contribution in [2.24, 2.45) is 0 Å². The smallest absolute Gasteiger partial charge is 0.164 e. The zero-order chi connectivity index (χ0) is 13.5. The van der Waals surface area contributed by atoms with E-state index in [-0.39, 0.29) is 12.4 Å². The predicted molar refractivity (Wildman–Crippen MR) is 74.2 cm³/mol. The molecule has 3 nitrogen and oxygen atoms in total. The Kier molecular flexibility index (Phi) is 6.33. The Bertz CT molecular complexity index is 376. The van der Waals surface area contributed by atoms with Crippen LogP contribution in [0.15, 0.2) is 24.3 Å². The third-order valence-corrected chi connectivity index (χ3v) is 3.16. The number of carbonyl (C=O) groups is 1. The molecule has 0 aliphatic rings. The molecule has 0 saturated carbocycles. The lowest BCUT2D eigenvalue weighted by Gasteiger charge is -2.25. The Morgan fingerprint density at radius 3 is 2.39 bits per heavy atom. The lowest BCUT2D eigenvalue weighted by Crippen LogP contribution is -2.35. The van der Waals surface area contributed by atoms with E-state index in [0.29, 0.717) is 36.1 Å². The third kappa shape index (κ3) is 4.77. The van der Waals surface area contributed by atoms with Gasteiger partial charge in [0.25, 0.3) is 0 Å². The second-order valence-electron chi connectivity index (χ2n) is 4.53. The number of nitrogens with zero attached hydrogens (tertiary/aromatic N) is 1. The Morgan fingerprint density at radius 1 is 1.28 bits per heavy atom. The molecule has 0 saturated heterocycles.